The molecule has 0 saturated heterocycles. The first kappa shape index (κ1) is 25.0. The molecule has 0 aromatic heterocycles. The predicted molar refractivity (Wildman–Crippen MR) is 115 cm³/mol. The molecule has 0 heterocycles. The molecule has 3 N–H and O–H groups in total. The molecule has 1 rings (SSSR count). The standard InChI is InChI=1S/C22H36O5S/c1-3-22(15-23,16-24)17-27-12-6-4-5-7-13-28-14-18(2)19-8-10-20(11-9-19)21(25)26/h8-11,18,23-24H,3-7,12-17H2,1-2H3,(H,25,26). The number of thioether (sulfide) groups is 1. The first-order valence-electron chi connectivity index (χ1n) is 10.2. The zero-order valence-electron chi connectivity index (χ0n) is 17.2. The number of carboxylic acid groups (broad SMARTS) is 1. The van der Waals surface area contributed by atoms with Gasteiger partial charge in [-0.1, -0.05) is 38.8 Å². The number of aliphatic hydroxyl groups is 2. The second kappa shape index (κ2) is 14.0. The summed E-state index contributed by atoms with van der Waals surface area (Å²) in [6.45, 7) is 5.14. The summed E-state index contributed by atoms with van der Waals surface area (Å²) in [5.41, 5.74) is 1.02. The van der Waals surface area contributed by atoms with Gasteiger partial charge in [0.15, 0.2) is 0 Å². The predicted octanol–water partition coefficient (Wildman–Crippen LogP) is 4.18. The summed E-state index contributed by atoms with van der Waals surface area (Å²) in [4.78, 5) is 10.9. The van der Waals surface area contributed by atoms with E-state index in [1.54, 1.807) is 12.1 Å². The second-order valence-corrected chi connectivity index (χ2v) is 8.69. The summed E-state index contributed by atoms with van der Waals surface area (Å²) in [7, 11) is 0. The number of unbranched alkanes of at least 4 members (excludes halogenated alkanes) is 3. The quantitative estimate of drug-likeness (QED) is 0.353. The van der Waals surface area contributed by atoms with Crippen LogP contribution in [0.2, 0.25) is 0 Å². The van der Waals surface area contributed by atoms with Gasteiger partial charge >= 0.3 is 5.97 Å². The van der Waals surface area contributed by atoms with Crippen molar-refractivity contribution in [2.75, 3.05) is 37.9 Å². The molecule has 0 radical (unpaired) electrons. The molecule has 1 unspecified atom stereocenters. The summed E-state index contributed by atoms with van der Waals surface area (Å²) in [5, 5.41) is 27.7. The number of carbonyl (C=O) groups is 1. The van der Waals surface area contributed by atoms with Crippen molar-refractivity contribution >= 4 is 17.7 Å². The third-order valence-electron chi connectivity index (χ3n) is 5.25. The molecule has 0 bridgehead atoms. The van der Waals surface area contributed by atoms with E-state index in [0.717, 1.165) is 24.3 Å². The number of hydrogen-bond acceptors (Lipinski definition) is 5. The van der Waals surface area contributed by atoms with Crippen LogP contribution in [-0.2, 0) is 4.74 Å². The zero-order valence-corrected chi connectivity index (χ0v) is 18.0. The molecule has 1 aromatic rings. The number of hydrogen-bond donors (Lipinski definition) is 3. The molecule has 0 aliphatic carbocycles. The summed E-state index contributed by atoms with van der Waals surface area (Å²) >= 11 is 1.94. The highest BCUT2D eigenvalue weighted by atomic mass is 32.2. The molecule has 0 aliphatic rings. The fraction of sp³-hybridized carbons (Fsp3) is 0.682. The van der Waals surface area contributed by atoms with Crippen LogP contribution in [0.5, 0.6) is 0 Å². The number of aromatic carboxylic acids is 1. The van der Waals surface area contributed by atoms with Gasteiger partial charge in [0, 0.05) is 12.0 Å². The monoisotopic (exact) mass is 412 g/mol. The van der Waals surface area contributed by atoms with Crippen molar-refractivity contribution in [3.63, 3.8) is 0 Å². The SMILES string of the molecule is CCC(CO)(CO)COCCCCCCSCC(C)c1ccc(C(=O)O)cc1. The maximum Gasteiger partial charge on any atom is 0.335 e. The van der Waals surface area contributed by atoms with Gasteiger partial charge in [-0.3, -0.25) is 0 Å². The third-order valence-corrected chi connectivity index (χ3v) is 6.56. The second-order valence-electron chi connectivity index (χ2n) is 7.54. The van der Waals surface area contributed by atoms with E-state index in [2.05, 4.69) is 6.92 Å². The molecule has 28 heavy (non-hydrogen) atoms. The fourth-order valence-electron chi connectivity index (χ4n) is 2.83. The topological polar surface area (TPSA) is 87.0 Å². The van der Waals surface area contributed by atoms with E-state index in [4.69, 9.17) is 9.84 Å². The Kier molecular flexibility index (Phi) is 12.5. The van der Waals surface area contributed by atoms with Gasteiger partial charge in [-0.2, -0.15) is 11.8 Å². The number of aliphatic hydroxyl groups excluding tert-OH is 2. The molecule has 6 heteroatoms. The Hall–Kier alpha value is -1.08. The van der Waals surface area contributed by atoms with Crippen molar-refractivity contribution in [2.24, 2.45) is 5.41 Å². The molecule has 0 spiro atoms. The van der Waals surface area contributed by atoms with Crippen LogP contribution < -0.4 is 0 Å². The first-order chi connectivity index (χ1) is 13.5. The zero-order chi connectivity index (χ0) is 20.8. The molecule has 0 amide bonds. The van der Waals surface area contributed by atoms with Gasteiger partial charge in [-0.25, -0.2) is 4.79 Å². The van der Waals surface area contributed by atoms with E-state index in [-0.39, 0.29) is 13.2 Å². The third kappa shape index (κ3) is 8.95. The fourth-order valence-corrected chi connectivity index (χ4v) is 3.95. The van der Waals surface area contributed by atoms with E-state index in [9.17, 15) is 15.0 Å². The molecular formula is C22H36O5S. The van der Waals surface area contributed by atoms with Crippen LogP contribution in [0, 0.1) is 5.41 Å². The molecule has 0 fully saturated rings. The summed E-state index contributed by atoms with van der Waals surface area (Å²) in [6.07, 6.45) is 5.20. The highest BCUT2D eigenvalue weighted by molar-refractivity contribution is 7.99. The van der Waals surface area contributed by atoms with E-state index in [1.165, 1.54) is 18.4 Å². The number of ether oxygens (including phenoxy) is 1. The average molecular weight is 413 g/mol. The van der Waals surface area contributed by atoms with Crippen molar-refractivity contribution < 1.29 is 24.9 Å². The minimum Gasteiger partial charge on any atom is -0.478 e. The Bertz CT molecular complexity index is 534. The lowest BCUT2D eigenvalue weighted by molar-refractivity contribution is -0.0306. The molecule has 1 aromatic carbocycles. The van der Waals surface area contributed by atoms with E-state index in [0.29, 0.717) is 31.1 Å². The molecule has 0 aliphatic heterocycles. The van der Waals surface area contributed by atoms with Gasteiger partial charge in [-0.15, -0.1) is 0 Å². The van der Waals surface area contributed by atoms with Gasteiger partial charge < -0.3 is 20.1 Å². The summed E-state index contributed by atoms with van der Waals surface area (Å²) < 4.78 is 5.64. The lowest BCUT2D eigenvalue weighted by Gasteiger charge is -2.27. The molecule has 0 saturated carbocycles. The van der Waals surface area contributed by atoms with Crippen molar-refractivity contribution in [1.82, 2.24) is 0 Å². The Morgan fingerprint density at radius 2 is 1.75 bits per heavy atom. The van der Waals surface area contributed by atoms with Crippen LogP contribution in [0.4, 0.5) is 0 Å². The average Bonchev–Trinajstić information content (AvgIpc) is 2.72. The van der Waals surface area contributed by atoms with Gasteiger partial charge in [0.1, 0.15) is 0 Å². The molecule has 5 nitrogen and oxygen atoms in total. The lowest BCUT2D eigenvalue weighted by Crippen LogP contribution is -2.34. The maximum atomic E-state index is 10.9. The molecule has 160 valence electrons. The van der Waals surface area contributed by atoms with Crippen LogP contribution in [0.15, 0.2) is 24.3 Å². The van der Waals surface area contributed by atoms with Gasteiger partial charge in [0.25, 0.3) is 0 Å². The number of benzene rings is 1. The highest BCUT2D eigenvalue weighted by Gasteiger charge is 2.26. The van der Waals surface area contributed by atoms with Crippen molar-refractivity contribution in [2.45, 2.75) is 51.9 Å². The van der Waals surface area contributed by atoms with Gasteiger partial charge in [-0.05, 0) is 54.4 Å². The Balaban J connectivity index is 2.05. The van der Waals surface area contributed by atoms with Gasteiger partial charge in [0.2, 0.25) is 0 Å². The minimum atomic E-state index is -0.884. The van der Waals surface area contributed by atoms with E-state index < -0.39 is 11.4 Å². The molecular weight excluding hydrogens is 376 g/mol. The number of rotatable bonds is 16. The first-order valence-corrected chi connectivity index (χ1v) is 11.3. The van der Waals surface area contributed by atoms with Crippen LogP contribution in [0.3, 0.4) is 0 Å². The highest BCUT2D eigenvalue weighted by Crippen LogP contribution is 2.22. The normalized spacial score (nSPS) is 12.9. The van der Waals surface area contributed by atoms with Crippen molar-refractivity contribution in [3.05, 3.63) is 35.4 Å². The lowest BCUT2D eigenvalue weighted by atomic mass is 9.88. The Labute approximate surface area is 173 Å². The largest absolute Gasteiger partial charge is 0.478 e. The number of carboxylic acids is 1. The van der Waals surface area contributed by atoms with Gasteiger partial charge in [0.05, 0.1) is 25.4 Å². The van der Waals surface area contributed by atoms with Crippen molar-refractivity contribution in [1.29, 1.82) is 0 Å². The van der Waals surface area contributed by atoms with Crippen LogP contribution in [-0.4, -0.2) is 59.2 Å². The molecule has 1 atom stereocenters. The minimum absolute atomic E-state index is 0.0423. The smallest absolute Gasteiger partial charge is 0.335 e. The Morgan fingerprint density at radius 3 is 2.32 bits per heavy atom. The van der Waals surface area contributed by atoms with E-state index in [1.807, 2.05) is 30.8 Å². The van der Waals surface area contributed by atoms with Crippen LogP contribution in [0.25, 0.3) is 0 Å². The van der Waals surface area contributed by atoms with Crippen LogP contribution >= 0.6 is 11.8 Å². The summed E-state index contributed by atoms with van der Waals surface area (Å²) in [6, 6.07) is 7.17. The van der Waals surface area contributed by atoms with E-state index >= 15 is 0 Å². The van der Waals surface area contributed by atoms with Crippen LogP contribution in [0.1, 0.15) is 67.8 Å². The Morgan fingerprint density at radius 1 is 1.11 bits per heavy atom. The summed E-state index contributed by atoms with van der Waals surface area (Å²) in [5.74, 6) is 1.70. The van der Waals surface area contributed by atoms with Crippen molar-refractivity contribution in [3.8, 4) is 0 Å². The maximum absolute atomic E-state index is 10.9.